The second-order valence-electron chi connectivity index (χ2n) is 12.7. The number of phenols is 1. The van der Waals surface area contributed by atoms with E-state index in [0.717, 1.165) is 16.7 Å². The number of rotatable bonds is 13. The number of carbonyl (C=O) groups excluding carboxylic acids is 1. The third kappa shape index (κ3) is 7.27. The van der Waals surface area contributed by atoms with Crippen molar-refractivity contribution in [1.29, 1.82) is 5.26 Å². The number of nitrogens with one attached hydrogen (secondary N) is 1. The van der Waals surface area contributed by atoms with E-state index in [1.165, 1.54) is 0 Å². The van der Waals surface area contributed by atoms with Gasteiger partial charge in [0, 0.05) is 41.8 Å². The van der Waals surface area contributed by atoms with Gasteiger partial charge in [0.2, 0.25) is 5.91 Å². The van der Waals surface area contributed by atoms with Gasteiger partial charge in [0.25, 0.3) is 0 Å². The molecule has 1 amide bonds. The lowest BCUT2D eigenvalue weighted by atomic mass is 9.74. The van der Waals surface area contributed by atoms with Crippen molar-refractivity contribution in [1.82, 2.24) is 15.1 Å². The van der Waals surface area contributed by atoms with Crippen molar-refractivity contribution in [3.05, 3.63) is 95.7 Å². The fourth-order valence-electron chi connectivity index (χ4n) is 7.44. The first-order chi connectivity index (χ1) is 23.5. The number of ether oxygens (including phenoxy) is 4. The summed E-state index contributed by atoms with van der Waals surface area (Å²) in [6, 6.07) is 1.66. The molecule has 3 aliphatic rings. The van der Waals surface area contributed by atoms with E-state index < -0.39 is 18.1 Å². The average molecular weight is 674 g/mol. The van der Waals surface area contributed by atoms with Crippen molar-refractivity contribution < 1.29 is 28.8 Å². The van der Waals surface area contributed by atoms with Crippen LogP contribution in [0.1, 0.15) is 49.4 Å². The molecule has 0 saturated carbocycles. The van der Waals surface area contributed by atoms with E-state index in [1.807, 2.05) is 20.9 Å². The van der Waals surface area contributed by atoms with Crippen LogP contribution in [0.3, 0.4) is 0 Å². The summed E-state index contributed by atoms with van der Waals surface area (Å²) in [4.78, 5) is 17.3. The van der Waals surface area contributed by atoms with Gasteiger partial charge in [-0.2, -0.15) is 5.26 Å². The number of phenolic OH excluding ortho intramolecular Hbond substituents is 1. The number of nitrogens with two attached hydrogens (primary N) is 1. The third-order valence-corrected chi connectivity index (χ3v) is 9.66. The van der Waals surface area contributed by atoms with Gasteiger partial charge in [0.1, 0.15) is 31.6 Å². The lowest BCUT2D eigenvalue weighted by molar-refractivity contribution is -0.122. The van der Waals surface area contributed by atoms with Crippen molar-refractivity contribution in [3.63, 3.8) is 0 Å². The number of fused-ring (bicyclic) bond motifs is 6. The molecule has 4 N–H and O–H groups in total. The van der Waals surface area contributed by atoms with Gasteiger partial charge in [-0.25, -0.2) is 0 Å². The highest BCUT2D eigenvalue weighted by Gasteiger charge is 2.54. The average Bonchev–Trinajstić information content (AvgIpc) is 3.07. The highest BCUT2D eigenvalue weighted by atomic mass is 16.5. The van der Waals surface area contributed by atoms with Gasteiger partial charge >= 0.3 is 0 Å². The number of hydrogen-bond donors (Lipinski definition) is 3. The molecule has 0 unspecified atom stereocenters. The summed E-state index contributed by atoms with van der Waals surface area (Å²) >= 11 is 0. The van der Waals surface area contributed by atoms with Gasteiger partial charge in [0.15, 0.2) is 23.0 Å². The summed E-state index contributed by atoms with van der Waals surface area (Å²) in [6.07, 6.45) is 6.43. The highest BCUT2D eigenvalue weighted by molar-refractivity contribution is 5.81. The third-order valence-electron chi connectivity index (χ3n) is 9.66. The Morgan fingerprint density at radius 1 is 1.14 bits per heavy atom. The van der Waals surface area contributed by atoms with E-state index in [2.05, 4.69) is 53.6 Å². The summed E-state index contributed by atoms with van der Waals surface area (Å²) in [5.41, 5.74) is 9.73. The van der Waals surface area contributed by atoms with Crippen LogP contribution in [0.25, 0.3) is 0 Å². The Morgan fingerprint density at radius 2 is 1.78 bits per heavy atom. The van der Waals surface area contributed by atoms with Crippen molar-refractivity contribution in [2.24, 2.45) is 5.73 Å². The maximum Gasteiger partial charge on any atom is 0.236 e. The van der Waals surface area contributed by atoms with E-state index in [9.17, 15) is 15.2 Å². The molecule has 0 spiro atoms. The quantitative estimate of drug-likeness (QED) is 0.257. The summed E-state index contributed by atoms with van der Waals surface area (Å²) in [5, 5.41) is 25.8. The predicted molar refractivity (Wildman–Crippen MR) is 189 cm³/mol. The van der Waals surface area contributed by atoms with Crippen LogP contribution in [-0.4, -0.2) is 91.5 Å². The highest BCUT2D eigenvalue weighted by Crippen LogP contribution is 2.52. The summed E-state index contributed by atoms with van der Waals surface area (Å²) < 4.78 is 24.6. The lowest BCUT2D eigenvalue weighted by Gasteiger charge is -2.58. The fraction of sp³-hybridized carbons (Fsp3) is 0.474. The molecular weight excluding hydrogens is 622 g/mol. The topological polar surface area (TPSA) is 143 Å². The van der Waals surface area contributed by atoms with E-state index in [-0.39, 0.29) is 56.1 Å². The van der Waals surface area contributed by atoms with E-state index in [0.29, 0.717) is 53.4 Å². The van der Waals surface area contributed by atoms with Crippen LogP contribution in [0.4, 0.5) is 0 Å². The molecule has 49 heavy (non-hydrogen) atoms. The molecule has 3 aliphatic heterocycles. The number of nitrogens with zero attached hydrogens (tertiary/aromatic N) is 3. The number of aromatic hydroxyl groups is 1. The molecule has 1 aromatic rings. The van der Waals surface area contributed by atoms with Crippen LogP contribution in [0, 0.1) is 18.3 Å². The van der Waals surface area contributed by atoms with Crippen LogP contribution >= 0.6 is 0 Å². The van der Waals surface area contributed by atoms with Crippen LogP contribution in [-0.2, 0) is 25.4 Å². The largest absolute Gasteiger partial charge is 0.504 e. The Balaban J connectivity index is 2.05. The van der Waals surface area contributed by atoms with Crippen LogP contribution in [0.15, 0.2) is 79.0 Å². The molecule has 4 rings (SSSR count). The Labute approximate surface area is 290 Å². The monoisotopic (exact) mass is 673 g/mol. The second-order valence-corrected chi connectivity index (χ2v) is 12.7. The molecular formula is C38H51N5O6. The SMILES string of the molecule is C=CCO/C1=C(OCC=C)/C(C)=C(/OCC=C)CC[C@H]2[C@@H]3c4c(cc(C)c(OC)c4O)C[C@H]([C@H](C#N)N2[C@@H](CNC(=O)[C@H](C)N)C1=C)N3C. The zero-order valence-electron chi connectivity index (χ0n) is 29.5. The number of allylic oxidation sites excluding steroid dienone is 2. The number of nitriles is 1. The molecule has 3 heterocycles. The number of hydrogen-bond acceptors (Lipinski definition) is 10. The molecule has 11 heteroatoms. The number of carbonyl (C=O) groups is 1. The van der Waals surface area contributed by atoms with E-state index in [4.69, 9.17) is 24.7 Å². The standard InChI is InChI=1S/C38H51N5O6/c1-10-15-47-31-14-13-27-33-32-26(18-22(4)35(46-9)34(32)44)19-28(42(33)8)29(20-39)43(27)30(21-41-38(45)25(7)40)23(5)36(48-16-11-2)37(24(31)6)49-17-12-3/h10-12,18,25,27-30,33,44H,1-3,5,13-17,19,21,40H2,4,6-9H3,(H,41,45)/b31-24+,37-36-/t25-,27-,28+,29-,30-,33+/m0/s1. The zero-order chi connectivity index (χ0) is 36.0. The second kappa shape index (κ2) is 16.3. The minimum Gasteiger partial charge on any atom is -0.504 e. The minimum absolute atomic E-state index is 0.0887. The van der Waals surface area contributed by atoms with Crippen LogP contribution < -0.4 is 15.8 Å². The van der Waals surface area contributed by atoms with Gasteiger partial charge in [-0.15, -0.1) is 0 Å². The number of likely N-dealkylation sites (N-methyl/N-ethyl adjacent to an activating group) is 1. The molecule has 1 aromatic carbocycles. The van der Waals surface area contributed by atoms with Crippen molar-refractivity contribution >= 4 is 5.91 Å². The van der Waals surface area contributed by atoms with Crippen molar-refractivity contribution in [2.45, 2.75) is 76.3 Å². The molecule has 0 aromatic heterocycles. The Hall–Kier alpha value is -4.50. The van der Waals surface area contributed by atoms with Gasteiger partial charge in [-0.1, -0.05) is 50.6 Å². The van der Waals surface area contributed by atoms with Crippen molar-refractivity contribution in [2.75, 3.05) is 40.5 Å². The molecule has 2 bridgehead atoms. The Morgan fingerprint density at radius 3 is 2.37 bits per heavy atom. The number of aryl methyl sites for hydroxylation is 1. The van der Waals surface area contributed by atoms with Gasteiger partial charge in [-0.05, 0) is 51.8 Å². The van der Waals surface area contributed by atoms with Gasteiger partial charge in [-0.3, -0.25) is 14.6 Å². The first-order valence-corrected chi connectivity index (χ1v) is 16.6. The smallest absolute Gasteiger partial charge is 0.236 e. The lowest BCUT2D eigenvalue weighted by Crippen LogP contribution is -2.69. The molecule has 1 saturated heterocycles. The number of methoxy groups -OCH3 is 1. The Bertz CT molecular complexity index is 1570. The van der Waals surface area contributed by atoms with Crippen LogP contribution in [0.2, 0.25) is 0 Å². The Kier molecular flexibility index (Phi) is 12.4. The predicted octanol–water partition coefficient (Wildman–Crippen LogP) is 4.46. The number of benzene rings is 1. The molecule has 264 valence electrons. The summed E-state index contributed by atoms with van der Waals surface area (Å²) in [7, 11) is 3.55. The molecule has 6 atom stereocenters. The van der Waals surface area contributed by atoms with Gasteiger partial charge in [0.05, 0.1) is 31.3 Å². The fourth-order valence-corrected chi connectivity index (χ4v) is 7.44. The number of amides is 1. The molecule has 0 aliphatic carbocycles. The molecule has 1 fully saturated rings. The zero-order valence-corrected chi connectivity index (χ0v) is 29.5. The maximum absolute atomic E-state index is 13.0. The normalized spacial score (nSPS) is 27.8. The first kappa shape index (κ1) is 37.3. The molecule has 0 radical (unpaired) electrons. The van der Waals surface area contributed by atoms with E-state index >= 15 is 0 Å². The van der Waals surface area contributed by atoms with E-state index in [1.54, 1.807) is 32.3 Å². The first-order valence-electron chi connectivity index (χ1n) is 16.6. The summed E-state index contributed by atoms with van der Waals surface area (Å²) in [6.45, 7) is 22.2. The maximum atomic E-state index is 13.0. The minimum atomic E-state index is -0.755. The van der Waals surface area contributed by atoms with Gasteiger partial charge < -0.3 is 35.1 Å². The number of piperazine rings is 1. The molecule has 11 nitrogen and oxygen atoms in total. The van der Waals surface area contributed by atoms with Crippen LogP contribution in [0.5, 0.6) is 11.5 Å². The van der Waals surface area contributed by atoms with Crippen molar-refractivity contribution in [3.8, 4) is 17.6 Å². The summed E-state index contributed by atoms with van der Waals surface area (Å²) in [5.74, 6) is 1.59.